The first-order valence-electron chi connectivity index (χ1n) is 7.27. The van der Waals surface area contributed by atoms with Crippen molar-refractivity contribution in [1.29, 1.82) is 0 Å². The van der Waals surface area contributed by atoms with Gasteiger partial charge in [-0.25, -0.2) is 4.98 Å². The molecule has 0 aliphatic heterocycles. The topological polar surface area (TPSA) is 79.8 Å². The Balaban J connectivity index is 2.33. The van der Waals surface area contributed by atoms with E-state index in [9.17, 15) is 9.59 Å². The minimum absolute atomic E-state index is 0.0249. The van der Waals surface area contributed by atoms with E-state index >= 15 is 0 Å². The maximum atomic E-state index is 12.1. The number of carbonyl (C=O) groups excluding carboxylic acids is 1. The van der Waals surface area contributed by atoms with Crippen LogP contribution in [0.1, 0.15) is 36.6 Å². The standard InChI is InChI=1S/C15H22N4O2/c1-5-6-7-16-12(20)8-11-9(2)13-14(17-10(11)3)18-19(4)15(13)21/h5-8H2,1-4H3,(H,16,20)(H,17,18). The van der Waals surface area contributed by atoms with Crippen molar-refractivity contribution in [3.63, 3.8) is 0 Å². The van der Waals surface area contributed by atoms with Gasteiger partial charge in [0.2, 0.25) is 5.91 Å². The van der Waals surface area contributed by atoms with Crippen LogP contribution in [0.25, 0.3) is 11.0 Å². The average Bonchev–Trinajstić information content (AvgIpc) is 2.70. The summed E-state index contributed by atoms with van der Waals surface area (Å²) in [6, 6.07) is 0. The van der Waals surface area contributed by atoms with Crippen LogP contribution in [-0.4, -0.2) is 27.2 Å². The first-order valence-corrected chi connectivity index (χ1v) is 7.27. The summed E-state index contributed by atoms with van der Waals surface area (Å²) in [6.45, 7) is 6.52. The van der Waals surface area contributed by atoms with Crippen molar-refractivity contribution in [1.82, 2.24) is 20.1 Å². The summed E-state index contributed by atoms with van der Waals surface area (Å²) in [5.74, 6) is -0.0249. The zero-order valence-corrected chi connectivity index (χ0v) is 13.0. The Kier molecular flexibility index (Phi) is 4.45. The van der Waals surface area contributed by atoms with Crippen molar-refractivity contribution in [2.24, 2.45) is 7.05 Å². The minimum atomic E-state index is -0.109. The highest BCUT2D eigenvalue weighted by Gasteiger charge is 2.16. The van der Waals surface area contributed by atoms with Gasteiger partial charge in [-0.15, -0.1) is 0 Å². The van der Waals surface area contributed by atoms with Gasteiger partial charge in [0, 0.05) is 19.3 Å². The van der Waals surface area contributed by atoms with E-state index in [2.05, 4.69) is 22.3 Å². The Morgan fingerprint density at radius 2 is 2.10 bits per heavy atom. The molecule has 2 aromatic heterocycles. The number of pyridine rings is 1. The van der Waals surface area contributed by atoms with E-state index in [1.54, 1.807) is 7.05 Å². The van der Waals surface area contributed by atoms with E-state index in [0.717, 1.165) is 29.7 Å². The molecule has 21 heavy (non-hydrogen) atoms. The lowest BCUT2D eigenvalue weighted by atomic mass is 10.0. The number of unbranched alkanes of at least 4 members (excludes halogenated alkanes) is 1. The number of amides is 1. The summed E-state index contributed by atoms with van der Waals surface area (Å²) in [4.78, 5) is 28.5. The van der Waals surface area contributed by atoms with Crippen LogP contribution in [0.4, 0.5) is 0 Å². The number of fused-ring (bicyclic) bond motifs is 1. The van der Waals surface area contributed by atoms with Gasteiger partial charge in [0.1, 0.15) is 0 Å². The van der Waals surface area contributed by atoms with Crippen molar-refractivity contribution < 1.29 is 4.79 Å². The molecule has 6 nitrogen and oxygen atoms in total. The molecule has 114 valence electrons. The summed E-state index contributed by atoms with van der Waals surface area (Å²) in [6.07, 6.45) is 2.28. The van der Waals surface area contributed by atoms with Gasteiger partial charge in [-0.05, 0) is 31.4 Å². The summed E-state index contributed by atoms with van der Waals surface area (Å²) in [7, 11) is 1.66. The zero-order chi connectivity index (χ0) is 15.6. The van der Waals surface area contributed by atoms with Crippen LogP contribution >= 0.6 is 0 Å². The maximum absolute atomic E-state index is 12.1. The van der Waals surface area contributed by atoms with Crippen LogP contribution in [-0.2, 0) is 18.3 Å². The van der Waals surface area contributed by atoms with Crippen molar-refractivity contribution >= 4 is 16.9 Å². The number of rotatable bonds is 5. The molecule has 2 aromatic rings. The molecule has 6 heteroatoms. The van der Waals surface area contributed by atoms with Crippen molar-refractivity contribution in [2.45, 2.75) is 40.0 Å². The second kappa shape index (κ2) is 6.11. The predicted octanol–water partition coefficient (Wildman–Crippen LogP) is 1.34. The summed E-state index contributed by atoms with van der Waals surface area (Å²) >= 11 is 0. The molecule has 2 heterocycles. The number of nitrogens with one attached hydrogen (secondary N) is 2. The first-order chi connectivity index (χ1) is 9.95. The molecule has 0 bridgehead atoms. The molecule has 0 radical (unpaired) electrons. The fraction of sp³-hybridized carbons (Fsp3) is 0.533. The Morgan fingerprint density at radius 3 is 2.76 bits per heavy atom. The van der Waals surface area contributed by atoms with E-state index < -0.39 is 0 Å². The zero-order valence-electron chi connectivity index (χ0n) is 13.0. The number of aromatic nitrogens is 3. The fourth-order valence-corrected chi connectivity index (χ4v) is 2.50. The quantitative estimate of drug-likeness (QED) is 0.815. The highest BCUT2D eigenvalue weighted by atomic mass is 16.1. The van der Waals surface area contributed by atoms with Crippen molar-refractivity contribution in [2.75, 3.05) is 6.54 Å². The molecular formula is C15H22N4O2. The molecule has 0 saturated carbocycles. The third-order valence-corrected chi connectivity index (χ3v) is 3.76. The second-order valence-corrected chi connectivity index (χ2v) is 5.38. The normalized spacial score (nSPS) is 11.0. The van der Waals surface area contributed by atoms with E-state index in [-0.39, 0.29) is 17.9 Å². The number of H-pyrrole nitrogens is 1. The Bertz CT molecular complexity index is 727. The van der Waals surface area contributed by atoms with Crippen LogP contribution in [0, 0.1) is 13.8 Å². The third kappa shape index (κ3) is 2.99. The molecule has 1 amide bonds. The number of aromatic amines is 1. The number of nitrogens with zero attached hydrogens (tertiary/aromatic N) is 2. The monoisotopic (exact) mass is 290 g/mol. The molecule has 0 spiro atoms. The molecule has 0 fully saturated rings. The highest BCUT2D eigenvalue weighted by molar-refractivity contribution is 5.84. The van der Waals surface area contributed by atoms with Gasteiger partial charge in [0.25, 0.3) is 5.56 Å². The number of aryl methyl sites for hydroxylation is 3. The van der Waals surface area contributed by atoms with Gasteiger partial charge in [-0.3, -0.25) is 19.4 Å². The molecule has 0 aliphatic rings. The van der Waals surface area contributed by atoms with Crippen LogP contribution in [0.15, 0.2) is 4.79 Å². The number of hydrogen-bond acceptors (Lipinski definition) is 3. The Labute approximate surface area is 123 Å². The Hall–Kier alpha value is -2.11. The van der Waals surface area contributed by atoms with E-state index in [0.29, 0.717) is 17.6 Å². The lowest BCUT2D eigenvalue weighted by Crippen LogP contribution is -2.26. The molecule has 2 rings (SSSR count). The first kappa shape index (κ1) is 15.3. The van der Waals surface area contributed by atoms with Gasteiger partial charge in [-0.2, -0.15) is 0 Å². The largest absolute Gasteiger partial charge is 0.356 e. The second-order valence-electron chi connectivity index (χ2n) is 5.38. The molecule has 0 aromatic carbocycles. The van der Waals surface area contributed by atoms with Gasteiger partial charge in [-0.1, -0.05) is 13.3 Å². The van der Waals surface area contributed by atoms with Crippen LogP contribution < -0.4 is 10.9 Å². The van der Waals surface area contributed by atoms with Crippen molar-refractivity contribution in [3.05, 3.63) is 27.2 Å². The lowest BCUT2D eigenvalue weighted by Gasteiger charge is -2.10. The van der Waals surface area contributed by atoms with E-state index in [1.165, 1.54) is 4.68 Å². The van der Waals surface area contributed by atoms with Crippen molar-refractivity contribution in [3.8, 4) is 0 Å². The van der Waals surface area contributed by atoms with Crippen LogP contribution in [0.3, 0.4) is 0 Å². The average molecular weight is 290 g/mol. The maximum Gasteiger partial charge on any atom is 0.276 e. The number of hydrogen-bond donors (Lipinski definition) is 2. The smallest absolute Gasteiger partial charge is 0.276 e. The molecular weight excluding hydrogens is 268 g/mol. The minimum Gasteiger partial charge on any atom is -0.356 e. The molecule has 0 saturated heterocycles. The summed E-state index contributed by atoms with van der Waals surface area (Å²) in [5, 5.41) is 6.39. The molecule has 0 unspecified atom stereocenters. The van der Waals surface area contributed by atoms with Gasteiger partial charge in [0.05, 0.1) is 11.8 Å². The molecule has 2 N–H and O–H groups in total. The lowest BCUT2D eigenvalue weighted by molar-refractivity contribution is -0.120. The van der Waals surface area contributed by atoms with Gasteiger partial charge >= 0.3 is 0 Å². The van der Waals surface area contributed by atoms with E-state index in [4.69, 9.17) is 0 Å². The van der Waals surface area contributed by atoms with Crippen LogP contribution in [0.2, 0.25) is 0 Å². The molecule has 0 aliphatic carbocycles. The van der Waals surface area contributed by atoms with E-state index in [1.807, 2.05) is 13.8 Å². The summed E-state index contributed by atoms with van der Waals surface area (Å²) < 4.78 is 1.41. The third-order valence-electron chi connectivity index (χ3n) is 3.76. The number of carbonyl (C=O) groups is 1. The van der Waals surface area contributed by atoms with Gasteiger partial charge < -0.3 is 5.32 Å². The summed E-state index contributed by atoms with van der Waals surface area (Å²) in [5.41, 5.74) is 2.93. The molecule has 0 atom stereocenters. The Morgan fingerprint density at radius 1 is 1.38 bits per heavy atom. The fourth-order valence-electron chi connectivity index (χ4n) is 2.50. The SMILES string of the molecule is CCCCNC(=O)Cc1c(C)nc2[nH]n(C)c(=O)c2c1C. The van der Waals surface area contributed by atoms with Crippen LogP contribution in [0.5, 0.6) is 0 Å². The van der Waals surface area contributed by atoms with Gasteiger partial charge in [0.15, 0.2) is 5.65 Å². The predicted molar refractivity (Wildman–Crippen MR) is 82.4 cm³/mol. The highest BCUT2D eigenvalue weighted by Crippen LogP contribution is 2.19.